The second-order valence-electron chi connectivity index (χ2n) is 8.15. The second-order valence-corrected chi connectivity index (χ2v) is 8.15. The zero-order valence-corrected chi connectivity index (χ0v) is 17.2. The summed E-state index contributed by atoms with van der Waals surface area (Å²) in [6, 6.07) is 15.6. The fourth-order valence-electron chi connectivity index (χ4n) is 4.54. The number of benzene rings is 2. The van der Waals surface area contributed by atoms with Crippen LogP contribution in [-0.2, 0) is 6.54 Å². The number of aromatic amines is 1. The van der Waals surface area contributed by atoms with Crippen LogP contribution in [0.4, 0.5) is 0 Å². The van der Waals surface area contributed by atoms with Gasteiger partial charge in [0.2, 0.25) is 0 Å². The number of fused-ring (bicyclic) bond motifs is 1. The Kier molecular flexibility index (Phi) is 4.75. The number of hydrogen-bond acceptors (Lipinski definition) is 4. The Morgan fingerprint density at radius 1 is 1.23 bits per heavy atom. The van der Waals surface area contributed by atoms with Crippen molar-refractivity contribution in [1.29, 1.82) is 5.26 Å². The van der Waals surface area contributed by atoms with Gasteiger partial charge < -0.3 is 4.90 Å². The molecule has 5 rings (SSSR count). The number of amides is 1. The molecule has 1 unspecified atom stereocenters. The summed E-state index contributed by atoms with van der Waals surface area (Å²) in [5.74, 6) is 0.243. The second kappa shape index (κ2) is 7.73. The van der Waals surface area contributed by atoms with Crippen molar-refractivity contribution in [3.8, 4) is 17.2 Å². The van der Waals surface area contributed by atoms with Crippen molar-refractivity contribution < 1.29 is 4.79 Å². The number of nitrogens with one attached hydrogen (secondary N) is 1. The van der Waals surface area contributed by atoms with Crippen LogP contribution in [0.3, 0.4) is 0 Å². The zero-order chi connectivity index (χ0) is 21.4. The molecule has 4 aromatic rings. The van der Waals surface area contributed by atoms with Crippen LogP contribution in [0.1, 0.15) is 29.3 Å². The van der Waals surface area contributed by atoms with Crippen molar-refractivity contribution >= 4 is 16.8 Å². The van der Waals surface area contributed by atoms with E-state index in [-0.39, 0.29) is 11.9 Å². The van der Waals surface area contributed by atoms with E-state index in [1.807, 2.05) is 28.2 Å². The Balaban J connectivity index is 1.34. The maximum absolute atomic E-state index is 13.1. The number of H-pyrrole nitrogens is 1. The predicted octanol–water partition coefficient (Wildman–Crippen LogP) is 3.85. The van der Waals surface area contributed by atoms with E-state index in [4.69, 9.17) is 0 Å². The number of hydrogen-bond donors (Lipinski definition) is 1. The standard InChI is InChI=1S/C24H22N6O/c1-16-8-17(14-29(16)24(31)22-5-3-2-4-19(22)10-25)15-30-23-7-6-18(9-20(23)13-28-30)21-11-26-27-12-21/h2-7,9,11-13,16-17H,8,14-15H2,1H3,(H,26,27)/t16-,17?/m0/s1. The quantitative estimate of drug-likeness (QED) is 0.553. The normalized spacial score (nSPS) is 18.4. The summed E-state index contributed by atoms with van der Waals surface area (Å²) in [5, 5.41) is 21.9. The molecular weight excluding hydrogens is 388 g/mol. The van der Waals surface area contributed by atoms with Crippen molar-refractivity contribution in [2.45, 2.75) is 25.9 Å². The molecular formula is C24H22N6O. The van der Waals surface area contributed by atoms with Crippen LogP contribution in [0.25, 0.3) is 22.0 Å². The molecule has 31 heavy (non-hydrogen) atoms. The van der Waals surface area contributed by atoms with Gasteiger partial charge in [-0.05, 0) is 49.1 Å². The summed E-state index contributed by atoms with van der Waals surface area (Å²) < 4.78 is 2.03. The van der Waals surface area contributed by atoms with Crippen molar-refractivity contribution in [2.75, 3.05) is 6.54 Å². The number of carbonyl (C=O) groups excluding carboxylic acids is 1. The van der Waals surface area contributed by atoms with Gasteiger partial charge in [0.25, 0.3) is 5.91 Å². The molecule has 0 saturated carbocycles. The monoisotopic (exact) mass is 410 g/mol. The molecule has 0 bridgehead atoms. The van der Waals surface area contributed by atoms with Crippen LogP contribution in [-0.4, -0.2) is 43.4 Å². The lowest BCUT2D eigenvalue weighted by Gasteiger charge is -2.22. The molecule has 0 radical (unpaired) electrons. The first-order chi connectivity index (χ1) is 15.1. The predicted molar refractivity (Wildman–Crippen MR) is 117 cm³/mol. The number of likely N-dealkylation sites (tertiary alicyclic amines) is 1. The molecule has 1 amide bonds. The van der Waals surface area contributed by atoms with E-state index in [2.05, 4.69) is 46.5 Å². The smallest absolute Gasteiger partial charge is 0.255 e. The molecule has 1 N–H and O–H groups in total. The summed E-state index contributed by atoms with van der Waals surface area (Å²) in [6.07, 6.45) is 6.49. The topological polar surface area (TPSA) is 90.6 Å². The molecule has 2 aromatic heterocycles. The van der Waals surface area contributed by atoms with Gasteiger partial charge in [-0.2, -0.15) is 15.5 Å². The summed E-state index contributed by atoms with van der Waals surface area (Å²) in [6.45, 7) is 3.49. The van der Waals surface area contributed by atoms with Crippen molar-refractivity contribution in [1.82, 2.24) is 24.9 Å². The van der Waals surface area contributed by atoms with Gasteiger partial charge in [0.1, 0.15) is 0 Å². The molecule has 1 aliphatic rings. The van der Waals surface area contributed by atoms with E-state index in [1.165, 1.54) is 0 Å². The lowest BCUT2D eigenvalue weighted by Crippen LogP contribution is -2.34. The lowest BCUT2D eigenvalue weighted by molar-refractivity contribution is 0.0741. The van der Waals surface area contributed by atoms with Crippen LogP contribution < -0.4 is 0 Å². The molecule has 7 nitrogen and oxygen atoms in total. The van der Waals surface area contributed by atoms with Gasteiger partial charge in [-0.1, -0.05) is 18.2 Å². The molecule has 1 fully saturated rings. The number of nitrogens with zero attached hydrogens (tertiary/aromatic N) is 5. The molecule has 0 aliphatic carbocycles. The molecule has 3 heterocycles. The Bertz CT molecular complexity index is 1280. The number of nitriles is 1. The average molecular weight is 410 g/mol. The van der Waals surface area contributed by atoms with Crippen LogP contribution in [0.2, 0.25) is 0 Å². The van der Waals surface area contributed by atoms with E-state index >= 15 is 0 Å². The first kappa shape index (κ1) is 19.1. The fourth-order valence-corrected chi connectivity index (χ4v) is 4.54. The summed E-state index contributed by atoms with van der Waals surface area (Å²) in [4.78, 5) is 15.0. The molecule has 7 heteroatoms. The van der Waals surface area contributed by atoms with Crippen molar-refractivity contribution in [3.05, 3.63) is 72.2 Å². The number of rotatable bonds is 4. The van der Waals surface area contributed by atoms with Crippen molar-refractivity contribution in [3.63, 3.8) is 0 Å². The molecule has 1 saturated heterocycles. The molecule has 0 spiro atoms. The Morgan fingerprint density at radius 2 is 2.10 bits per heavy atom. The van der Waals surface area contributed by atoms with Crippen LogP contribution in [0.5, 0.6) is 0 Å². The van der Waals surface area contributed by atoms with E-state index in [0.29, 0.717) is 23.6 Å². The van der Waals surface area contributed by atoms with E-state index in [0.717, 1.165) is 35.0 Å². The van der Waals surface area contributed by atoms with Gasteiger partial charge in [0, 0.05) is 36.3 Å². The highest BCUT2D eigenvalue weighted by Gasteiger charge is 2.34. The molecule has 2 atom stereocenters. The average Bonchev–Trinajstić information content (AvgIpc) is 3.54. The van der Waals surface area contributed by atoms with Gasteiger partial charge >= 0.3 is 0 Å². The highest BCUT2D eigenvalue weighted by molar-refractivity contribution is 5.97. The van der Waals surface area contributed by atoms with Crippen LogP contribution in [0, 0.1) is 17.2 Å². The summed E-state index contributed by atoms with van der Waals surface area (Å²) in [5.41, 5.74) is 4.14. The third kappa shape index (κ3) is 3.46. The van der Waals surface area contributed by atoms with E-state index in [1.54, 1.807) is 24.3 Å². The SMILES string of the molecule is C[C@H]1CC(Cn2ncc3cc(-c4cn[nH]c4)ccc32)CN1C(=O)c1ccccc1C#N. The third-order valence-corrected chi connectivity index (χ3v) is 6.10. The Morgan fingerprint density at radius 3 is 2.90 bits per heavy atom. The largest absolute Gasteiger partial charge is 0.336 e. The minimum atomic E-state index is -0.0674. The molecule has 2 aromatic carbocycles. The van der Waals surface area contributed by atoms with Crippen LogP contribution in [0.15, 0.2) is 61.1 Å². The number of carbonyl (C=O) groups is 1. The summed E-state index contributed by atoms with van der Waals surface area (Å²) in [7, 11) is 0. The minimum absolute atomic E-state index is 0.0674. The molecule has 1 aliphatic heterocycles. The first-order valence-electron chi connectivity index (χ1n) is 10.4. The van der Waals surface area contributed by atoms with Gasteiger partial charge in [-0.25, -0.2) is 0 Å². The lowest BCUT2D eigenvalue weighted by atomic mass is 10.1. The minimum Gasteiger partial charge on any atom is -0.336 e. The Hall–Kier alpha value is -3.92. The first-order valence-corrected chi connectivity index (χ1v) is 10.4. The molecule has 154 valence electrons. The Labute approximate surface area is 179 Å². The maximum Gasteiger partial charge on any atom is 0.255 e. The van der Waals surface area contributed by atoms with Gasteiger partial charge in [0.15, 0.2) is 0 Å². The van der Waals surface area contributed by atoms with Crippen molar-refractivity contribution in [2.24, 2.45) is 5.92 Å². The van der Waals surface area contributed by atoms with E-state index < -0.39 is 0 Å². The van der Waals surface area contributed by atoms with Gasteiger partial charge in [0.05, 0.1) is 35.1 Å². The maximum atomic E-state index is 13.1. The van der Waals surface area contributed by atoms with Crippen LogP contribution >= 0.6 is 0 Å². The van der Waals surface area contributed by atoms with Gasteiger partial charge in [-0.3, -0.25) is 14.6 Å². The van der Waals surface area contributed by atoms with E-state index in [9.17, 15) is 10.1 Å². The highest BCUT2D eigenvalue weighted by Crippen LogP contribution is 2.29. The fraction of sp³-hybridized carbons (Fsp3) is 0.250. The highest BCUT2D eigenvalue weighted by atomic mass is 16.2. The number of aromatic nitrogens is 4. The summed E-state index contributed by atoms with van der Waals surface area (Å²) >= 11 is 0. The zero-order valence-electron chi connectivity index (χ0n) is 17.2. The third-order valence-electron chi connectivity index (χ3n) is 6.10. The van der Waals surface area contributed by atoms with Gasteiger partial charge in [-0.15, -0.1) is 0 Å².